The number of hydrogen-bond donors (Lipinski definition) is 1. The van der Waals surface area contributed by atoms with Crippen LogP contribution in [0.5, 0.6) is 5.75 Å². The molecule has 0 aliphatic rings. The van der Waals surface area contributed by atoms with E-state index in [1.807, 2.05) is 24.3 Å². The number of halogens is 1. The first-order chi connectivity index (χ1) is 7.83. The van der Waals surface area contributed by atoms with Gasteiger partial charge in [-0.15, -0.1) is 0 Å². The summed E-state index contributed by atoms with van der Waals surface area (Å²) in [6.07, 6.45) is 3.84. The average Bonchev–Trinajstić information content (AvgIpc) is 2.30. The quantitative estimate of drug-likeness (QED) is 0.737. The minimum absolute atomic E-state index is 0.730. The van der Waals surface area contributed by atoms with E-state index in [0.717, 1.165) is 29.9 Å². The Hall–Kier alpha value is -0.540. The maximum atomic E-state index is 5.58. The van der Waals surface area contributed by atoms with Crippen molar-refractivity contribution < 1.29 is 4.74 Å². The van der Waals surface area contributed by atoms with E-state index in [1.54, 1.807) is 0 Å². The van der Waals surface area contributed by atoms with Crippen molar-refractivity contribution in [3.63, 3.8) is 0 Å². The Labute approximate surface area is 107 Å². The van der Waals surface area contributed by atoms with Gasteiger partial charge >= 0.3 is 0 Å². The van der Waals surface area contributed by atoms with Crippen LogP contribution in [0.15, 0.2) is 28.7 Å². The van der Waals surface area contributed by atoms with Crippen LogP contribution in [0.25, 0.3) is 0 Å². The molecule has 0 bridgehead atoms. The van der Waals surface area contributed by atoms with Crippen LogP contribution in [-0.2, 0) is 0 Å². The Morgan fingerprint density at radius 3 is 2.56 bits per heavy atom. The van der Waals surface area contributed by atoms with Crippen LogP contribution in [0, 0.1) is 0 Å². The zero-order chi connectivity index (χ0) is 11.6. The molecule has 0 saturated heterocycles. The molecule has 0 unspecified atom stereocenters. The van der Waals surface area contributed by atoms with E-state index in [2.05, 4.69) is 28.2 Å². The second-order valence-electron chi connectivity index (χ2n) is 3.76. The molecule has 3 heteroatoms. The van der Waals surface area contributed by atoms with Crippen molar-refractivity contribution in [3.05, 3.63) is 28.7 Å². The van der Waals surface area contributed by atoms with Crippen LogP contribution in [0.4, 0.5) is 0 Å². The lowest BCUT2D eigenvalue weighted by Crippen LogP contribution is -2.22. The van der Waals surface area contributed by atoms with Gasteiger partial charge in [0.25, 0.3) is 0 Å². The predicted octanol–water partition coefficient (Wildman–Crippen LogP) is 3.61. The Morgan fingerprint density at radius 2 is 1.88 bits per heavy atom. The molecule has 0 heterocycles. The normalized spacial score (nSPS) is 10.4. The summed E-state index contributed by atoms with van der Waals surface area (Å²) < 4.78 is 6.67. The predicted molar refractivity (Wildman–Crippen MR) is 72.0 cm³/mol. The van der Waals surface area contributed by atoms with E-state index >= 15 is 0 Å². The largest absolute Gasteiger partial charge is 0.492 e. The molecule has 0 radical (unpaired) electrons. The van der Waals surface area contributed by atoms with Crippen molar-refractivity contribution in [2.24, 2.45) is 0 Å². The molecule has 16 heavy (non-hydrogen) atoms. The third-order valence-electron chi connectivity index (χ3n) is 2.32. The summed E-state index contributed by atoms with van der Waals surface area (Å²) in [4.78, 5) is 0. The van der Waals surface area contributed by atoms with Gasteiger partial charge in [0.15, 0.2) is 0 Å². The molecule has 1 aromatic rings. The zero-order valence-corrected chi connectivity index (χ0v) is 11.4. The second-order valence-corrected chi connectivity index (χ2v) is 4.68. The molecule has 0 aliphatic carbocycles. The molecule has 0 spiro atoms. The number of hydrogen-bond acceptors (Lipinski definition) is 2. The summed E-state index contributed by atoms with van der Waals surface area (Å²) in [6, 6.07) is 7.93. The minimum Gasteiger partial charge on any atom is -0.492 e. The van der Waals surface area contributed by atoms with Gasteiger partial charge in [-0.25, -0.2) is 0 Å². The van der Waals surface area contributed by atoms with E-state index in [9.17, 15) is 0 Å². The van der Waals surface area contributed by atoms with Crippen LogP contribution >= 0.6 is 15.9 Å². The zero-order valence-electron chi connectivity index (χ0n) is 9.84. The molecule has 0 saturated carbocycles. The number of benzene rings is 1. The summed E-state index contributed by atoms with van der Waals surface area (Å²) in [6.45, 7) is 4.96. The minimum atomic E-state index is 0.730. The lowest BCUT2D eigenvalue weighted by atomic mass is 10.2. The fourth-order valence-electron chi connectivity index (χ4n) is 1.40. The monoisotopic (exact) mass is 285 g/mol. The van der Waals surface area contributed by atoms with Crippen LogP contribution in [0.3, 0.4) is 0 Å². The molecule has 1 aromatic carbocycles. The van der Waals surface area contributed by atoms with Gasteiger partial charge in [0.05, 0.1) is 0 Å². The highest BCUT2D eigenvalue weighted by Crippen LogP contribution is 2.15. The highest BCUT2D eigenvalue weighted by Gasteiger charge is 1.93. The molecular weight excluding hydrogens is 266 g/mol. The first-order valence-corrected chi connectivity index (χ1v) is 6.71. The molecule has 2 nitrogen and oxygen atoms in total. The summed E-state index contributed by atoms with van der Waals surface area (Å²) in [5.74, 6) is 0.929. The third kappa shape index (κ3) is 6.13. The molecule has 0 atom stereocenters. The van der Waals surface area contributed by atoms with Crippen LogP contribution < -0.4 is 10.1 Å². The highest BCUT2D eigenvalue weighted by molar-refractivity contribution is 9.10. The van der Waals surface area contributed by atoms with Crippen LogP contribution in [0.2, 0.25) is 0 Å². The van der Waals surface area contributed by atoms with Gasteiger partial charge in [0, 0.05) is 11.0 Å². The van der Waals surface area contributed by atoms with Gasteiger partial charge in [-0.3, -0.25) is 0 Å². The summed E-state index contributed by atoms with van der Waals surface area (Å²) >= 11 is 3.39. The first-order valence-electron chi connectivity index (χ1n) is 5.92. The molecule has 90 valence electrons. The fraction of sp³-hybridized carbons (Fsp3) is 0.538. The standard InChI is InChI=1S/C13H20BrNO/c1-2-3-4-9-15-10-11-16-13-7-5-12(14)6-8-13/h5-8,15H,2-4,9-11H2,1H3. The van der Waals surface area contributed by atoms with E-state index in [4.69, 9.17) is 4.74 Å². The van der Waals surface area contributed by atoms with Crippen LogP contribution in [-0.4, -0.2) is 19.7 Å². The van der Waals surface area contributed by atoms with E-state index in [0.29, 0.717) is 0 Å². The second kappa shape index (κ2) is 8.59. The van der Waals surface area contributed by atoms with E-state index in [1.165, 1.54) is 19.3 Å². The average molecular weight is 286 g/mol. The first kappa shape index (κ1) is 13.5. The Bertz CT molecular complexity index is 274. The van der Waals surface area contributed by atoms with Gasteiger partial charge in [-0.05, 0) is 37.2 Å². The van der Waals surface area contributed by atoms with Gasteiger partial charge in [-0.2, -0.15) is 0 Å². The van der Waals surface area contributed by atoms with Crippen molar-refractivity contribution in [3.8, 4) is 5.75 Å². The van der Waals surface area contributed by atoms with Crippen LogP contribution in [0.1, 0.15) is 26.2 Å². The van der Waals surface area contributed by atoms with Crippen molar-refractivity contribution >= 4 is 15.9 Å². The number of rotatable bonds is 8. The Kier molecular flexibility index (Phi) is 7.26. The maximum Gasteiger partial charge on any atom is 0.119 e. The Balaban J connectivity index is 2.01. The topological polar surface area (TPSA) is 21.3 Å². The summed E-state index contributed by atoms with van der Waals surface area (Å²) in [7, 11) is 0. The van der Waals surface area contributed by atoms with Crippen molar-refractivity contribution in [1.82, 2.24) is 5.32 Å². The molecule has 1 N–H and O–H groups in total. The molecular formula is C13H20BrNO. The van der Waals surface area contributed by atoms with Crippen molar-refractivity contribution in [2.45, 2.75) is 26.2 Å². The molecule has 0 fully saturated rings. The fourth-order valence-corrected chi connectivity index (χ4v) is 1.66. The van der Waals surface area contributed by atoms with Gasteiger partial charge < -0.3 is 10.1 Å². The summed E-state index contributed by atoms with van der Waals surface area (Å²) in [5, 5.41) is 3.37. The van der Waals surface area contributed by atoms with Crippen molar-refractivity contribution in [1.29, 1.82) is 0 Å². The number of unbranched alkanes of at least 4 members (excludes halogenated alkanes) is 2. The van der Waals surface area contributed by atoms with Crippen molar-refractivity contribution in [2.75, 3.05) is 19.7 Å². The SMILES string of the molecule is CCCCCNCCOc1ccc(Br)cc1. The summed E-state index contributed by atoms with van der Waals surface area (Å²) in [5.41, 5.74) is 0. The smallest absolute Gasteiger partial charge is 0.119 e. The van der Waals surface area contributed by atoms with E-state index in [-0.39, 0.29) is 0 Å². The lowest BCUT2D eigenvalue weighted by molar-refractivity contribution is 0.313. The molecule has 0 aliphatic heterocycles. The molecule has 1 rings (SSSR count). The van der Waals surface area contributed by atoms with Gasteiger partial charge in [0.2, 0.25) is 0 Å². The van der Waals surface area contributed by atoms with Gasteiger partial charge in [-0.1, -0.05) is 35.7 Å². The Morgan fingerprint density at radius 1 is 1.12 bits per heavy atom. The third-order valence-corrected chi connectivity index (χ3v) is 2.85. The van der Waals surface area contributed by atoms with Gasteiger partial charge in [0.1, 0.15) is 12.4 Å². The van der Waals surface area contributed by atoms with E-state index < -0.39 is 0 Å². The highest BCUT2D eigenvalue weighted by atomic mass is 79.9. The molecule has 0 amide bonds. The number of ether oxygens (including phenoxy) is 1. The lowest BCUT2D eigenvalue weighted by Gasteiger charge is -2.07. The molecule has 0 aromatic heterocycles. The number of nitrogens with one attached hydrogen (secondary N) is 1. The maximum absolute atomic E-state index is 5.58.